The Morgan fingerprint density at radius 2 is 1.77 bits per heavy atom. The van der Waals surface area contributed by atoms with Crippen molar-refractivity contribution in [3.63, 3.8) is 0 Å². The highest BCUT2D eigenvalue weighted by atomic mass is 32.2. The number of methoxy groups -OCH3 is 3. The van der Waals surface area contributed by atoms with Crippen LogP contribution in [0, 0.1) is 5.82 Å². The summed E-state index contributed by atoms with van der Waals surface area (Å²) in [5.74, 6) is -2.54. The molecule has 0 aromatic heterocycles. The molecule has 0 aliphatic heterocycles. The van der Waals surface area contributed by atoms with Gasteiger partial charge in [0, 0.05) is 6.08 Å². The lowest BCUT2D eigenvalue weighted by molar-refractivity contribution is -0.134. The molecule has 160 valence electrons. The Bertz CT molecular complexity index is 1080. The van der Waals surface area contributed by atoms with Gasteiger partial charge in [-0.25, -0.2) is 17.6 Å². The highest BCUT2D eigenvalue weighted by Gasteiger charge is 2.25. The fourth-order valence-corrected chi connectivity index (χ4v) is 3.42. The number of benzene rings is 2. The fraction of sp³-hybridized carbons (Fsp3) is 0.158. The number of halogens is 1. The van der Waals surface area contributed by atoms with E-state index in [1.54, 1.807) is 0 Å². The van der Waals surface area contributed by atoms with Crippen LogP contribution < -0.4 is 19.7 Å². The highest BCUT2D eigenvalue weighted by Crippen LogP contribution is 2.35. The van der Waals surface area contributed by atoms with Crippen LogP contribution in [0.1, 0.15) is 15.9 Å². The van der Waals surface area contributed by atoms with Gasteiger partial charge in [0.05, 0.1) is 26.9 Å². The van der Waals surface area contributed by atoms with E-state index in [9.17, 15) is 22.4 Å². The van der Waals surface area contributed by atoms with Crippen molar-refractivity contribution in [1.29, 1.82) is 0 Å². The molecule has 2 N–H and O–H groups in total. The first kappa shape index (κ1) is 22.8. The zero-order valence-electron chi connectivity index (χ0n) is 16.3. The van der Waals surface area contributed by atoms with Crippen molar-refractivity contribution in [3.8, 4) is 11.5 Å². The lowest BCUT2D eigenvalue weighted by atomic mass is 10.2. The van der Waals surface area contributed by atoms with Gasteiger partial charge in [-0.3, -0.25) is 10.2 Å². The van der Waals surface area contributed by atoms with Gasteiger partial charge < -0.3 is 14.2 Å². The van der Waals surface area contributed by atoms with Crippen molar-refractivity contribution in [3.05, 3.63) is 59.4 Å². The number of hydrogen-bond acceptors (Lipinski definition) is 7. The largest absolute Gasteiger partial charge is 0.493 e. The average molecular weight is 438 g/mol. The summed E-state index contributed by atoms with van der Waals surface area (Å²) in [7, 11) is -0.648. The Morgan fingerprint density at radius 3 is 2.37 bits per heavy atom. The summed E-state index contributed by atoms with van der Waals surface area (Å²) >= 11 is 0. The van der Waals surface area contributed by atoms with Crippen molar-refractivity contribution in [2.24, 2.45) is 0 Å². The van der Waals surface area contributed by atoms with E-state index in [0.717, 1.165) is 12.1 Å². The minimum absolute atomic E-state index is 0.0605. The Labute approximate surface area is 172 Å². The molecule has 0 fully saturated rings. The number of esters is 1. The van der Waals surface area contributed by atoms with E-state index >= 15 is 0 Å². The molecule has 0 spiro atoms. The molecule has 0 radical (unpaired) electrons. The van der Waals surface area contributed by atoms with E-state index in [1.807, 2.05) is 10.3 Å². The van der Waals surface area contributed by atoms with Gasteiger partial charge in [-0.2, -0.15) is 0 Å². The van der Waals surface area contributed by atoms with Gasteiger partial charge >= 0.3 is 5.97 Å². The van der Waals surface area contributed by atoms with Crippen LogP contribution in [0.3, 0.4) is 0 Å². The molecular formula is C19H19FN2O7S. The zero-order chi connectivity index (χ0) is 22.3. The Balaban J connectivity index is 2.38. The number of sulfonamides is 1. The monoisotopic (exact) mass is 438 g/mol. The normalized spacial score (nSPS) is 11.2. The molecule has 0 atom stereocenters. The van der Waals surface area contributed by atoms with Crippen molar-refractivity contribution >= 4 is 28.0 Å². The minimum atomic E-state index is -4.38. The van der Waals surface area contributed by atoms with Gasteiger partial charge in [0.2, 0.25) is 0 Å². The number of nitrogens with one attached hydrogen (secondary N) is 2. The molecule has 0 saturated carbocycles. The second-order valence-corrected chi connectivity index (χ2v) is 7.30. The van der Waals surface area contributed by atoms with Gasteiger partial charge in [0.15, 0.2) is 11.5 Å². The third-order valence-corrected chi connectivity index (χ3v) is 5.04. The van der Waals surface area contributed by atoms with Crippen LogP contribution in [-0.2, 0) is 19.6 Å². The molecule has 0 saturated heterocycles. The molecule has 2 aromatic rings. The van der Waals surface area contributed by atoms with E-state index in [-0.39, 0.29) is 27.5 Å². The van der Waals surface area contributed by atoms with Crippen LogP contribution in [0.5, 0.6) is 11.5 Å². The van der Waals surface area contributed by atoms with Crippen molar-refractivity contribution in [1.82, 2.24) is 10.3 Å². The Kier molecular flexibility index (Phi) is 7.50. The second kappa shape index (κ2) is 9.85. The maximum absolute atomic E-state index is 13.7. The van der Waals surface area contributed by atoms with Gasteiger partial charge in [-0.05, 0) is 35.9 Å². The number of carbonyl (C=O) groups excluding carboxylic acids is 2. The maximum atomic E-state index is 13.7. The third kappa shape index (κ3) is 5.33. The molecule has 0 bridgehead atoms. The zero-order valence-corrected chi connectivity index (χ0v) is 17.1. The summed E-state index contributed by atoms with van der Waals surface area (Å²) in [6, 6.07) is 7.71. The summed E-state index contributed by atoms with van der Waals surface area (Å²) in [6.45, 7) is 0. The van der Waals surface area contributed by atoms with Crippen LogP contribution in [0.25, 0.3) is 6.08 Å². The van der Waals surface area contributed by atoms with Gasteiger partial charge in [-0.1, -0.05) is 12.1 Å². The van der Waals surface area contributed by atoms with Crippen LogP contribution >= 0.6 is 0 Å². The molecule has 2 aromatic carbocycles. The quantitative estimate of drug-likeness (QED) is 0.365. The topological polar surface area (TPSA) is 120 Å². The smallest absolute Gasteiger partial charge is 0.330 e. The van der Waals surface area contributed by atoms with Gasteiger partial charge in [0.25, 0.3) is 15.9 Å². The molecule has 0 heterocycles. The highest BCUT2D eigenvalue weighted by molar-refractivity contribution is 7.89. The molecule has 0 unspecified atom stereocenters. The minimum Gasteiger partial charge on any atom is -0.493 e. The number of rotatable bonds is 8. The molecule has 0 aliphatic carbocycles. The average Bonchev–Trinajstić information content (AvgIpc) is 2.75. The number of hydrazine groups is 1. The predicted molar refractivity (Wildman–Crippen MR) is 105 cm³/mol. The fourth-order valence-electron chi connectivity index (χ4n) is 2.36. The molecule has 0 aliphatic rings. The first-order chi connectivity index (χ1) is 14.2. The Hall–Kier alpha value is -3.44. The molecule has 11 heteroatoms. The summed E-state index contributed by atoms with van der Waals surface area (Å²) in [6.07, 6.45) is 2.40. The number of hydrogen-bond donors (Lipinski definition) is 2. The van der Waals surface area contributed by atoms with Crippen LogP contribution in [0.2, 0.25) is 0 Å². The first-order valence-electron chi connectivity index (χ1n) is 8.32. The summed E-state index contributed by atoms with van der Waals surface area (Å²) in [4.78, 5) is 24.9. The van der Waals surface area contributed by atoms with E-state index in [2.05, 4.69) is 4.74 Å². The molecule has 30 heavy (non-hydrogen) atoms. The lowest BCUT2D eigenvalue weighted by Crippen LogP contribution is -2.42. The number of ether oxygens (including phenoxy) is 3. The van der Waals surface area contributed by atoms with Crippen LogP contribution in [0.4, 0.5) is 4.39 Å². The van der Waals surface area contributed by atoms with E-state index < -0.39 is 27.7 Å². The van der Waals surface area contributed by atoms with Crippen molar-refractivity contribution in [2.45, 2.75) is 4.90 Å². The van der Waals surface area contributed by atoms with Crippen LogP contribution in [-0.4, -0.2) is 41.6 Å². The standard InChI is InChI=1S/C19H19FN2O7S/c1-27-15-10-12(8-9-17(23)28-2)11-16(18(15)29-3)30(25,26)22-21-19(24)13-6-4-5-7-14(13)20/h4-11,22H,1-3H3,(H,21,24)/b9-8+. The molecule has 9 nitrogen and oxygen atoms in total. The van der Waals surface area contributed by atoms with E-state index in [0.29, 0.717) is 0 Å². The van der Waals surface area contributed by atoms with E-state index in [1.165, 1.54) is 57.7 Å². The SMILES string of the molecule is COC(=O)/C=C/c1cc(OC)c(OC)c(S(=O)(=O)NNC(=O)c2ccccc2F)c1. The lowest BCUT2D eigenvalue weighted by Gasteiger charge is -2.15. The van der Waals surface area contributed by atoms with E-state index in [4.69, 9.17) is 9.47 Å². The molecule has 1 amide bonds. The maximum Gasteiger partial charge on any atom is 0.330 e. The molecule has 2 rings (SSSR count). The molecular weight excluding hydrogens is 419 g/mol. The number of amides is 1. The first-order valence-corrected chi connectivity index (χ1v) is 9.80. The summed E-state index contributed by atoms with van der Waals surface area (Å²) < 4.78 is 54.0. The summed E-state index contributed by atoms with van der Waals surface area (Å²) in [5, 5.41) is 0. The number of carbonyl (C=O) groups is 2. The predicted octanol–water partition coefficient (Wildman–Crippen LogP) is 1.65. The van der Waals surface area contributed by atoms with Crippen LogP contribution in [0.15, 0.2) is 47.4 Å². The Morgan fingerprint density at radius 1 is 1.07 bits per heavy atom. The van der Waals surface area contributed by atoms with Crippen molar-refractivity contribution in [2.75, 3.05) is 21.3 Å². The second-order valence-electron chi connectivity index (χ2n) is 5.65. The summed E-state index contributed by atoms with van der Waals surface area (Å²) in [5.41, 5.74) is 1.87. The van der Waals surface area contributed by atoms with Crippen molar-refractivity contribution < 1.29 is 36.6 Å². The third-order valence-electron chi connectivity index (χ3n) is 3.79. The van der Waals surface area contributed by atoms with Gasteiger partial charge in [0.1, 0.15) is 10.7 Å². The van der Waals surface area contributed by atoms with Gasteiger partial charge in [-0.15, -0.1) is 4.83 Å².